The fourth-order valence-electron chi connectivity index (χ4n) is 4.16. The number of ether oxygens (including phenoxy) is 2. The number of hydrogen-bond donors (Lipinski definition) is 1. The fourth-order valence-corrected chi connectivity index (χ4v) is 4.16. The summed E-state index contributed by atoms with van der Waals surface area (Å²) in [7, 11) is 3.29. The molecular weight excluding hydrogens is 340 g/mol. The van der Waals surface area contributed by atoms with Gasteiger partial charge in [0, 0.05) is 31.2 Å². The number of carbonyl (C=O) groups is 1. The lowest BCUT2D eigenvalue weighted by Gasteiger charge is -2.25. The Hall–Kier alpha value is -2.69. The van der Waals surface area contributed by atoms with Gasteiger partial charge in [-0.05, 0) is 54.2 Å². The number of likely N-dealkylation sites (tertiary alicyclic amines) is 1. The van der Waals surface area contributed by atoms with Gasteiger partial charge in [-0.3, -0.25) is 4.79 Å². The third-order valence-corrected chi connectivity index (χ3v) is 5.60. The Balaban J connectivity index is 1.50. The van der Waals surface area contributed by atoms with Gasteiger partial charge in [0.15, 0.2) is 11.5 Å². The largest absolute Gasteiger partial charge is 0.493 e. The van der Waals surface area contributed by atoms with Gasteiger partial charge < -0.3 is 19.7 Å². The van der Waals surface area contributed by atoms with E-state index in [1.165, 1.54) is 16.8 Å². The van der Waals surface area contributed by atoms with Crippen LogP contribution in [0.25, 0.3) is 0 Å². The van der Waals surface area contributed by atoms with Gasteiger partial charge in [0.1, 0.15) is 0 Å². The lowest BCUT2D eigenvalue weighted by atomic mass is 10.0. The molecule has 1 fully saturated rings. The van der Waals surface area contributed by atoms with Crippen molar-refractivity contribution >= 4 is 11.6 Å². The highest BCUT2D eigenvalue weighted by Crippen LogP contribution is 2.31. The number of fused-ring (bicyclic) bond motifs is 1. The van der Waals surface area contributed by atoms with E-state index >= 15 is 0 Å². The van der Waals surface area contributed by atoms with E-state index in [0.29, 0.717) is 13.0 Å². The van der Waals surface area contributed by atoms with Crippen LogP contribution < -0.4 is 14.8 Å². The summed E-state index contributed by atoms with van der Waals surface area (Å²) in [4.78, 5) is 14.5. The molecule has 1 amide bonds. The van der Waals surface area contributed by atoms with Crippen molar-refractivity contribution in [3.05, 3.63) is 53.1 Å². The van der Waals surface area contributed by atoms with Gasteiger partial charge in [-0.2, -0.15) is 0 Å². The van der Waals surface area contributed by atoms with Gasteiger partial charge in [0.05, 0.1) is 14.2 Å². The molecule has 1 saturated heterocycles. The quantitative estimate of drug-likeness (QED) is 0.851. The maximum Gasteiger partial charge on any atom is 0.223 e. The highest BCUT2D eigenvalue weighted by molar-refractivity contribution is 5.79. The van der Waals surface area contributed by atoms with E-state index < -0.39 is 0 Å². The van der Waals surface area contributed by atoms with Crippen molar-refractivity contribution < 1.29 is 14.3 Å². The molecule has 0 radical (unpaired) electrons. The molecule has 0 spiro atoms. The second kappa shape index (κ2) is 7.51. The number of carbonyl (C=O) groups excluding carboxylic acids is 1. The maximum absolute atomic E-state index is 12.5. The second-order valence-electron chi connectivity index (χ2n) is 7.28. The Morgan fingerprint density at radius 3 is 2.67 bits per heavy atom. The molecule has 0 aromatic heterocycles. The van der Waals surface area contributed by atoms with Gasteiger partial charge in [0.2, 0.25) is 5.91 Å². The van der Waals surface area contributed by atoms with Crippen molar-refractivity contribution in [3.63, 3.8) is 0 Å². The van der Waals surface area contributed by atoms with E-state index in [1.54, 1.807) is 14.2 Å². The normalized spacial score (nSPS) is 18.4. The molecule has 0 unspecified atom stereocenters. The summed E-state index contributed by atoms with van der Waals surface area (Å²) < 4.78 is 10.7. The number of nitrogens with one attached hydrogen (secondary N) is 1. The van der Waals surface area contributed by atoms with Crippen LogP contribution in [0.15, 0.2) is 36.4 Å². The summed E-state index contributed by atoms with van der Waals surface area (Å²) in [6.45, 7) is 1.69. The molecule has 27 heavy (non-hydrogen) atoms. The molecule has 5 heteroatoms. The third-order valence-electron chi connectivity index (χ3n) is 5.60. The van der Waals surface area contributed by atoms with Gasteiger partial charge in [0.25, 0.3) is 0 Å². The predicted molar refractivity (Wildman–Crippen MR) is 105 cm³/mol. The molecule has 2 aliphatic rings. The molecule has 2 aromatic rings. The molecule has 142 valence electrons. The number of benzene rings is 2. The van der Waals surface area contributed by atoms with Crippen LogP contribution in [0, 0.1) is 0 Å². The summed E-state index contributed by atoms with van der Waals surface area (Å²) in [6, 6.07) is 12.8. The van der Waals surface area contributed by atoms with E-state index in [-0.39, 0.29) is 11.9 Å². The van der Waals surface area contributed by atoms with Crippen LogP contribution in [0.2, 0.25) is 0 Å². The topological polar surface area (TPSA) is 50.8 Å². The van der Waals surface area contributed by atoms with E-state index in [1.807, 2.05) is 17.0 Å². The molecule has 0 aliphatic carbocycles. The number of nitrogens with zero attached hydrogens (tertiary/aromatic N) is 1. The first-order valence-electron chi connectivity index (χ1n) is 9.54. The van der Waals surface area contributed by atoms with Crippen LogP contribution in [0.4, 0.5) is 5.69 Å². The molecule has 5 nitrogen and oxygen atoms in total. The number of hydrogen-bond acceptors (Lipinski definition) is 4. The molecular formula is C22H26N2O3. The second-order valence-corrected chi connectivity index (χ2v) is 7.28. The Labute approximate surface area is 160 Å². The summed E-state index contributed by atoms with van der Waals surface area (Å²) in [5, 5.41) is 3.39. The van der Waals surface area contributed by atoms with Crippen molar-refractivity contribution in [3.8, 4) is 11.5 Å². The average molecular weight is 366 g/mol. The summed E-state index contributed by atoms with van der Waals surface area (Å²) in [6.07, 6.45) is 3.43. The monoisotopic (exact) mass is 366 g/mol. The maximum atomic E-state index is 12.5. The number of amides is 1. The minimum atomic E-state index is 0.224. The van der Waals surface area contributed by atoms with Crippen LogP contribution in [-0.4, -0.2) is 37.6 Å². The molecule has 0 saturated carbocycles. The van der Waals surface area contributed by atoms with Crippen LogP contribution in [0.3, 0.4) is 0 Å². The first-order chi connectivity index (χ1) is 13.2. The van der Waals surface area contributed by atoms with Crippen LogP contribution in [-0.2, 0) is 24.2 Å². The smallest absolute Gasteiger partial charge is 0.223 e. The highest BCUT2D eigenvalue weighted by atomic mass is 16.5. The van der Waals surface area contributed by atoms with E-state index in [0.717, 1.165) is 42.9 Å². The van der Waals surface area contributed by atoms with Gasteiger partial charge >= 0.3 is 0 Å². The molecule has 2 aromatic carbocycles. The van der Waals surface area contributed by atoms with E-state index in [2.05, 4.69) is 29.6 Å². The molecule has 1 N–H and O–H groups in total. The Morgan fingerprint density at radius 1 is 1.04 bits per heavy atom. The van der Waals surface area contributed by atoms with Gasteiger partial charge in [-0.25, -0.2) is 0 Å². The Morgan fingerprint density at radius 2 is 1.85 bits per heavy atom. The minimum absolute atomic E-state index is 0.224. The van der Waals surface area contributed by atoms with Crippen LogP contribution in [0.1, 0.15) is 29.5 Å². The molecule has 0 bridgehead atoms. The lowest BCUT2D eigenvalue weighted by molar-refractivity contribution is -0.129. The van der Waals surface area contributed by atoms with Crippen LogP contribution in [0.5, 0.6) is 11.5 Å². The minimum Gasteiger partial charge on any atom is -0.493 e. The zero-order chi connectivity index (χ0) is 18.8. The Bertz CT molecular complexity index is 849. The van der Waals surface area contributed by atoms with Crippen LogP contribution >= 0.6 is 0 Å². The summed E-state index contributed by atoms with van der Waals surface area (Å²) >= 11 is 0. The van der Waals surface area contributed by atoms with Gasteiger partial charge in [-0.15, -0.1) is 0 Å². The van der Waals surface area contributed by atoms with Crippen molar-refractivity contribution in [2.75, 3.05) is 26.1 Å². The molecule has 2 heterocycles. The van der Waals surface area contributed by atoms with Crippen molar-refractivity contribution in [1.82, 2.24) is 4.90 Å². The number of methoxy groups -OCH3 is 2. The Kier molecular flexibility index (Phi) is 4.92. The number of anilines is 1. The fraction of sp³-hybridized carbons (Fsp3) is 0.409. The molecule has 1 atom stereocenters. The standard InChI is InChI=1S/C22H26N2O3/c1-26-20-7-4-15(13-21(20)27-2)12-18-5-8-22(25)24(18)14-16-3-6-19-17(11-16)9-10-23-19/h3-4,6-7,11,13,18,23H,5,8-10,12,14H2,1-2H3/t18-/m0/s1. The lowest BCUT2D eigenvalue weighted by Crippen LogP contribution is -2.33. The van der Waals surface area contributed by atoms with E-state index in [4.69, 9.17) is 9.47 Å². The number of rotatable bonds is 6. The average Bonchev–Trinajstić information content (AvgIpc) is 3.29. The van der Waals surface area contributed by atoms with Gasteiger partial charge in [-0.1, -0.05) is 18.2 Å². The zero-order valence-corrected chi connectivity index (χ0v) is 16.0. The summed E-state index contributed by atoms with van der Waals surface area (Å²) in [5.74, 6) is 1.71. The first-order valence-corrected chi connectivity index (χ1v) is 9.54. The van der Waals surface area contributed by atoms with Crippen molar-refractivity contribution in [2.24, 2.45) is 0 Å². The molecule has 4 rings (SSSR count). The third kappa shape index (κ3) is 3.59. The SMILES string of the molecule is COc1ccc(C[C@@H]2CCC(=O)N2Cc2ccc3c(c2)CCN3)cc1OC. The summed E-state index contributed by atoms with van der Waals surface area (Å²) in [5.41, 5.74) is 4.96. The van der Waals surface area contributed by atoms with Crippen molar-refractivity contribution in [1.29, 1.82) is 0 Å². The first kappa shape index (κ1) is 17.7. The predicted octanol–water partition coefficient (Wildman–Crippen LogP) is 3.41. The zero-order valence-electron chi connectivity index (χ0n) is 16.0. The van der Waals surface area contributed by atoms with E-state index in [9.17, 15) is 4.79 Å². The molecule has 2 aliphatic heterocycles. The van der Waals surface area contributed by atoms with Crippen molar-refractivity contribution in [2.45, 2.75) is 38.3 Å². The highest BCUT2D eigenvalue weighted by Gasteiger charge is 2.31.